The molecular formula is C6H15BP. The van der Waals surface area contributed by atoms with Crippen LogP contribution < -0.4 is 0 Å². The van der Waals surface area contributed by atoms with Crippen LogP contribution in [0.5, 0.6) is 0 Å². The van der Waals surface area contributed by atoms with Crippen molar-refractivity contribution in [1.82, 2.24) is 0 Å². The van der Waals surface area contributed by atoms with E-state index in [4.69, 9.17) is 0 Å². The van der Waals surface area contributed by atoms with Crippen molar-refractivity contribution in [3.05, 3.63) is 0 Å². The van der Waals surface area contributed by atoms with E-state index in [1.54, 1.807) is 0 Å². The van der Waals surface area contributed by atoms with Crippen LogP contribution in [0.4, 0.5) is 0 Å². The molecule has 0 N–H and O–H groups in total. The molecule has 0 aliphatic rings. The molecule has 0 amide bonds. The van der Waals surface area contributed by atoms with E-state index < -0.39 is 0 Å². The lowest BCUT2D eigenvalue weighted by atomic mass is 10.8. The molecule has 0 spiro atoms. The van der Waals surface area contributed by atoms with E-state index in [9.17, 15) is 0 Å². The largest absolute Gasteiger partial charge is 0.108 e. The molecule has 0 rings (SSSR count). The highest BCUT2D eigenvalue weighted by atomic mass is 31.1. The second-order valence-electron chi connectivity index (χ2n) is 1.62. The minimum atomic E-state index is 0. The van der Waals surface area contributed by atoms with Crippen LogP contribution in [0, 0.1) is 0 Å². The molecule has 0 heterocycles. The SMILES string of the molecule is CCP(CC)CC.[B]. The van der Waals surface area contributed by atoms with Gasteiger partial charge in [0.05, 0.1) is 0 Å². The fourth-order valence-corrected chi connectivity index (χ4v) is 2.01. The Kier molecular flexibility index (Phi) is 10.6. The van der Waals surface area contributed by atoms with Gasteiger partial charge in [0.25, 0.3) is 0 Å². The van der Waals surface area contributed by atoms with Gasteiger partial charge in [0.2, 0.25) is 0 Å². The Balaban J connectivity index is 0. The predicted octanol–water partition coefficient (Wildman–Crippen LogP) is 2.15. The first-order valence-electron chi connectivity index (χ1n) is 3.07. The van der Waals surface area contributed by atoms with Crippen molar-refractivity contribution in [3.8, 4) is 0 Å². The third-order valence-electron chi connectivity index (χ3n) is 1.34. The molecule has 0 saturated carbocycles. The monoisotopic (exact) mass is 129 g/mol. The molecule has 8 heavy (non-hydrogen) atoms. The minimum Gasteiger partial charge on any atom is -0.108 e. The second kappa shape index (κ2) is 7.49. The van der Waals surface area contributed by atoms with Crippen LogP contribution >= 0.6 is 7.92 Å². The summed E-state index contributed by atoms with van der Waals surface area (Å²) in [4.78, 5) is 0. The van der Waals surface area contributed by atoms with Crippen molar-refractivity contribution < 1.29 is 0 Å². The van der Waals surface area contributed by atoms with E-state index >= 15 is 0 Å². The van der Waals surface area contributed by atoms with E-state index in [1.807, 2.05) is 0 Å². The van der Waals surface area contributed by atoms with E-state index in [1.165, 1.54) is 18.5 Å². The van der Waals surface area contributed by atoms with Crippen LogP contribution in [0.2, 0.25) is 0 Å². The van der Waals surface area contributed by atoms with Gasteiger partial charge in [-0.05, 0) is 18.5 Å². The third-order valence-corrected chi connectivity index (χ3v) is 4.02. The topological polar surface area (TPSA) is 0 Å². The zero-order chi connectivity index (χ0) is 5.70. The highest BCUT2D eigenvalue weighted by molar-refractivity contribution is 7.57. The van der Waals surface area contributed by atoms with Crippen LogP contribution in [0.1, 0.15) is 20.8 Å². The maximum absolute atomic E-state index is 2.29. The van der Waals surface area contributed by atoms with Gasteiger partial charge in [0, 0.05) is 8.41 Å². The zero-order valence-electron chi connectivity index (χ0n) is 6.15. The molecule has 0 bridgehead atoms. The lowest BCUT2D eigenvalue weighted by molar-refractivity contribution is 1.35. The van der Waals surface area contributed by atoms with Crippen LogP contribution in [-0.2, 0) is 0 Å². The second-order valence-corrected chi connectivity index (χ2v) is 4.86. The van der Waals surface area contributed by atoms with E-state index in [-0.39, 0.29) is 8.41 Å². The van der Waals surface area contributed by atoms with Gasteiger partial charge in [-0.2, -0.15) is 0 Å². The van der Waals surface area contributed by atoms with E-state index in [0.29, 0.717) is 7.92 Å². The summed E-state index contributed by atoms with van der Waals surface area (Å²) in [7, 11) is 0.446. The van der Waals surface area contributed by atoms with Crippen molar-refractivity contribution in [2.75, 3.05) is 18.5 Å². The Hall–Kier alpha value is 0.495. The first-order valence-corrected chi connectivity index (χ1v) is 4.97. The summed E-state index contributed by atoms with van der Waals surface area (Å²) in [6.07, 6.45) is 4.26. The molecule has 0 fully saturated rings. The van der Waals surface area contributed by atoms with Crippen LogP contribution in [0.15, 0.2) is 0 Å². The van der Waals surface area contributed by atoms with E-state index in [2.05, 4.69) is 20.8 Å². The normalized spacial score (nSPS) is 9.00. The van der Waals surface area contributed by atoms with Crippen molar-refractivity contribution in [2.45, 2.75) is 20.8 Å². The highest BCUT2D eigenvalue weighted by Crippen LogP contribution is 2.32. The van der Waals surface area contributed by atoms with E-state index in [0.717, 1.165) is 0 Å². The van der Waals surface area contributed by atoms with Crippen LogP contribution in [0.25, 0.3) is 0 Å². The van der Waals surface area contributed by atoms with Crippen molar-refractivity contribution >= 4 is 16.3 Å². The lowest BCUT2D eigenvalue weighted by Gasteiger charge is -2.07. The highest BCUT2D eigenvalue weighted by Gasteiger charge is 1.94. The maximum Gasteiger partial charge on any atom is 0 e. The summed E-state index contributed by atoms with van der Waals surface area (Å²) in [5.74, 6) is 0. The fraction of sp³-hybridized carbons (Fsp3) is 1.00. The summed E-state index contributed by atoms with van der Waals surface area (Å²) < 4.78 is 0. The van der Waals surface area contributed by atoms with Gasteiger partial charge >= 0.3 is 0 Å². The molecule has 0 saturated heterocycles. The number of rotatable bonds is 3. The van der Waals surface area contributed by atoms with Crippen molar-refractivity contribution in [2.24, 2.45) is 0 Å². The van der Waals surface area contributed by atoms with Crippen molar-refractivity contribution in [1.29, 1.82) is 0 Å². The van der Waals surface area contributed by atoms with Gasteiger partial charge < -0.3 is 0 Å². The van der Waals surface area contributed by atoms with Gasteiger partial charge in [-0.1, -0.05) is 20.8 Å². The van der Waals surface area contributed by atoms with Crippen LogP contribution in [-0.4, -0.2) is 26.9 Å². The quantitative estimate of drug-likeness (QED) is 0.404. The molecule has 0 aliphatic carbocycles. The summed E-state index contributed by atoms with van der Waals surface area (Å²) in [6, 6.07) is 0. The average molecular weight is 129 g/mol. The molecule has 0 aliphatic heterocycles. The van der Waals surface area contributed by atoms with Crippen molar-refractivity contribution in [3.63, 3.8) is 0 Å². The summed E-state index contributed by atoms with van der Waals surface area (Å²) in [5, 5.41) is 0. The van der Waals surface area contributed by atoms with Gasteiger partial charge in [-0.15, -0.1) is 7.92 Å². The molecule has 0 unspecified atom stereocenters. The average Bonchev–Trinajstić information content (AvgIpc) is 1.72. The molecule has 47 valence electrons. The van der Waals surface area contributed by atoms with Gasteiger partial charge in [-0.3, -0.25) is 0 Å². The van der Waals surface area contributed by atoms with Gasteiger partial charge in [-0.25, -0.2) is 0 Å². The summed E-state index contributed by atoms with van der Waals surface area (Å²) in [6.45, 7) is 6.87. The summed E-state index contributed by atoms with van der Waals surface area (Å²) >= 11 is 0. The Morgan fingerprint density at radius 1 is 0.875 bits per heavy atom. The molecule has 0 aromatic rings. The molecule has 0 aromatic heterocycles. The zero-order valence-corrected chi connectivity index (χ0v) is 7.04. The lowest BCUT2D eigenvalue weighted by Crippen LogP contribution is -1.83. The Morgan fingerprint density at radius 2 is 1.12 bits per heavy atom. The number of hydrogen-bond donors (Lipinski definition) is 0. The smallest absolute Gasteiger partial charge is 0 e. The maximum atomic E-state index is 2.29. The minimum absolute atomic E-state index is 0. The molecule has 0 nitrogen and oxygen atoms in total. The molecule has 0 aromatic carbocycles. The Bertz CT molecular complexity index is 30.0. The molecular weight excluding hydrogens is 114 g/mol. The Morgan fingerprint density at radius 3 is 1.12 bits per heavy atom. The third kappa shape index (κ3) is 4.65. The van der Waals surface area contributed by atoms with Crippen LogP contribution in [0.3, 0.4) is 0 Å². The molecule has 0 atom stereocenters. The first-order chi connectivity index (χ1) is 3.35. The molecule has 3 radical (unpaired) electrons. The summed E-state index contributed by atoms with van der Waals surface area (Å²) in [5.41, 5.74) is 0. The van der Waals surface area contributed by atoms with Gasteiger partial charge in [0.1, 0.15) is 0 Å². The standard InChI is InChI=1S/C6H15P.B/c1-4-7(5-2)6-3;/h4-6H2,1-3H3;. The Labute approximate surface area is 56.4 Å². The fourth-order valence-electron chi connectivity index (χ4n) is 0.671. The predicted molar refractivity (Wildman–Crippen MR) is 44.3 cm³/mol. The van der Waals surface area contributed by atoms with Gasteiger partial charge in [0.15, 0.2) is 0 Å². The first kappa shape index (κ1) is 11.3. The molecule has 2 heteroatoms. The number of hydrogen-bond acceptors (Lipinski definition) is 0.